The molecule has 4 rings (SSSR count). The number of piperazine rings is 1. The molecule has 10 nitrogen and oxygen atoms in total. The molecule has 0 N–H and O–H groups in total. The molecule has 11 heteroatoms. The molecule has 0 bridgehead atoms. The van der Waals surface area contributed by atoms with Crippen molar-refractivity contribution in [3.05, 3.63) is 36.4 Å². The molecule has 2 fully saturated rings. The van der Waals surface area contributed by atoms with Crippen molar-refractivity contribution in [2.24, 2.45) is 0 Å². The van der Waals surface area contributed by atoms with E-state index in [1.165, 1.54) is 16.4 Å². The Morgan fingerprint density at radius 1 is 0.964 bits per heavy atom. The fourth-order valence-corrected chi connectivity index (χ4v) is 4.53. The first-order valence-electron chi connectivity index (χ1n) is 9.05. The Hall–Kier alpha value is -2.50. The Morgan fingerprint density at radius 2 is 1.64 bits per heavy atom. The van der Waals surface area contributed by atoms with Crippen LogP contribution in [0.5, 0.6) is 0 Å². The minimum atomic E-state index is -3.76. The molecule has 28 heavy (non-hydrogen) atoms. The second-order valence-corrected chi connectivity index (χ2v) is 8.33. The van der Waals surface area contributed by atoms with Crippen LogP contribution in [0.3, 0.4) is 0 Å². The quantitative estimate of drug-likeness (QED) is 0.700. The first-order chi connectivity index (χ1) is 13.6. The van der Waals surface area contributed by atoms with E-state index >= 15 is 0 Å². The lowest BCUT2D eigenvalue weighted by Crippen LogP contribution is -2.49. The second-order valence-electron chi connectivity index (χ2n) is 6.46. The number of furan rings is 1. The molecule has 0 radical (unpaired) electrons. The third-order valence-electron chi connectivity index (χ3n) is 4.76. The highest BCUT2D eigenvalue weighted by Gasteiger charge is 2.31. The highest BCUT2D eigenvalue weighted by molar-refractivity contribution is 7.89. The summed E-state index contributed by atoms with van der Waals surface area (Å²) in [6.07, 6.45) is 3.36. The molecule has 2 aliphatic rings. The van der Waals surface area contributed by atoms with Crippen LogP contribution in [0.1, 0.15) is 10.6 Å². The van der Waals surface area contributed by atoms with Gasteiger partial charge in [0.15, 0.2) is 5.76 Å². The van der Waals surface area contributed by atoms with Gasteiger partial charge < -0.3 is 19.0 Å². The predicted molar refractivity (Wildman–Crippen MR) is 98.4 cm³/mol. The van der Waals surface area contributed by atoms with Crippen LogP contribution in [0.25, 0.3) is 0 Å². The molecule has 0 aromatic carbocycles. The van der Waals surface area contributed by atoms with Crippen LogP contribution in [0.2, 0.25) is 0 Å². The van der Waals surface area contributed by atoms with E-state index in [-0.39, 0.29) is 29.8 Å². The second kappa shape index (κ2) is 7.86. The summed E-state index contributed by atoms with van der Waals surface area (Å²) in [5.41, 5.74) is 0. The number of amides is 1. The van der Waals surface area contributed by atoms with Gasteiger partial charge in [-0.05, 0) is 18.2 Å². The molecule has 0 saturated carbocycles. The Labute approximate surface area is 162 Å². The van der Waals surface area contributed by atoms with Crippen molar-refractivity contribution >= 4 is 21.9 Å². The summed E-state index contributed by atoms with van der Waals surface area (Å²) in [6, 6.07) is 4.51. The van der Waals surface area contributed by atoms with Crippen molar-refractivity contribution in [3.63, 3.8) is 0 Å². The maximum Gasteiger partial charge on any atom is 0.289 e. The number of hydrogen-bond donors (Lipinski definition) is 0. The van der Waals surface area contributed by atoms with Crippen molar-refractivity contribution < 1.29 is 22.4 Å². The zero-order valence-electron chi connectivity index (χ0n) is 15.2. The molecule has 0 spiro atoms. The van der Waals surface area contributed by atoms with Crippen LogP contribution in [0.15, 0.2) is 40.1 Å². The zero-order valence-corrected chi connectivity index (χ0v) is 16.0. The molecule has 0 unspecified atom stereocenters. The van der Waals surface area contributed by atoms with Crippen molar-refractivity contribution in [2.45, 2.75) is 5.09 Å². The predicted octanol–water partition coefficient (Wildman–Crippen LogP) is 0.0529. The van der Waals surface area contributed by atoms with Crippen molar-refractivity contribution in [2.75, 3.05) is 57.4 Å². The van der Waals surface area contributed by atoms with Crippen LogP contribution >= 0.6 is 0 Å². The fraction of sp³-hybridized carbons (Fsp3) is 0.471. The Balaban J connectivity index is 1.41. The van der Waals surface area contributed by atoms with Crippen LogP contribution in [-0.2, 0) is 14.8 Å². The molecule has 2 saturated heterocycles. The number of aromatic nitrogens is 2. The highest BCUT2D eigenvalue weighted by Crippen LogP contribution is 2.21. The summed E-state index contributed by atoms with van der Waals surface area (Å²) >= 11 is 0. The SMILES string of the molecule is O=C(c1ccc(S(=O)(=O)N2CCOCC2)o1)N1CCN(c2ncccn2)CC1. The Morgan fingerprint density at radius 3 is 2.32 bits per heavy atom. The number of sulfonamides is 1. The molecule has 2 aromatic rings. The lowest BCUT2D eigenvalue weighted by molar-refractivity contribution is 0.0695. The van der Waals surface area contributed by atoms with Gasteiger partial charge in [-0.2, -0.15) is 4.31 Å². The Kier molecular flexibility index (Phi) is 5.29. The highest BCUT2D eigenvalue weighted by atomic mass is 32.2. The number of nitrogens with zero attached hydrogens (tertiary/aromatic N) is 5. The van der Waals surface area contributed by atoms with Crippen LogP contribution in [0.4, 0.5) is 5.95 Å². The maximum atomic E-state index is 12.7. The number of carbonyl (C=O) groups excluding carboxylic acids is 1. The van der Waals surface area contributed by atoms with E-state index in [9.17, 15) is 13.2 Å². The first-order valence-corrected chi connectivity index (χ1v) is 10.5. The summed E-state index contributed by atoms with van der Waals surface area (Å²) in [5, 5.41) is -0.214. The van der Waals surface area contributed by atoms with Crippen molar-refractivity contribution in [1.82, 2.24) is 19.2 Å². The molecule has 1 amide bonds. The number of rotatable bonds is 4. The normalized spacial score (nSPS) is 19.0. The van der Waals surface area contributed by atoms with Crippen molar-refractivity contribution in [1.29, 1.82) is 0 Å². The monoisotopic (exact) mass is 407 g/mol. The molecular formula is C17H21N5O5S. The topological polar surface area (TPSA) is 109 Å². The van der Waals surface area contributed by atoms with Gasteiger partial charge in [0.2, 0.25) is 11.0 Å². The number of hydrogen-bond acceptors (Lipinski definition) is 8. The van der Waals surface area contributed by atoms with E-state index in [0.29, 0.717) is 45.3 Å². The lowest BCUT2D eigenvalue weighted by Gasteiger charge is -2.34. The Bertz CT molecular complexity index is 918. The molecule has 0 aliphatic carbocycles. The van der Waals surface area contributed by atoms with E-state index in [1.807, 2.05) is 4.90 Å². The van der Waals surface area contributed by atoms with Gasteiger partial charge in [-0.1, -0.05) is 0 Å². The van der Waals surface area contributed by atoms with Crippen LogP contribution in [-0.4, -0.2) is 86.0 Å². The van der Waals surface area contributed by atoms with E-state index in [0.717, 1.165) is 0 Å². The number of anilines is 1. The minimum Gasteiger partial charge on any atom is -0.438 e. The maximum absolute atomic E-state index is 12.7. The van der Waals surface area contributed by atoms with Crippen molar-refractivity contribution in [3.8, 4) is 0 Å². The summed E-state index contributed by atoms with van der Waals surface area (Å²) < 4.78 is 37.2. The van der Waals surface area contributed by atoms with Gasteiger partial charge in [0.25, 0.3) is 15.9 Å². The summed E-state index contributed by atoms with van der Waals surface area (Å²) in [5.74, 6) is 0.333. The molecular weight excluding hydrogens is 386 g/mol. The molecule has 150 valence electrons. The van der Waals surface area contributed by atoms with E-state index in [2.05, 4.69) is 9.97 Å². The summed E-state index contributed by atoms with van der Waals surface area (Å²) in [7, 11) is -3.76. The molecule has 2 aliphatic heterocycles. The standard InChI is InChI=1S/C17H21N5O5S/c23-16(20-6-8-21(9-7-20)17-18-4-1-5-19-17)14-2-3-15(27-14)28(24,25)22-10-12-26-13-11-22/h1-5H,6-13H2. The first kappa shape index (κ1) is 18.8. The smallest absolute Gasteiger partial charge is 0.289 e. The third kappa shape index (κ3) is 3.73. The lowest BCUT2D eigenvalue weighted by atomic mass is 10.3. The number of morpholine rings is 1. The van der Waals surface area contributed by atoms with Crippen LogP contribution < -0.4 is 4.90 Å². The number of ether oxygens (including phenoxy) is 1. The average molecular weight is 407 g/mol. The fourth-order valence-electron chi connectivity index (χ4n) is 3.21. The van der Waals surface area contributed by atoms with Gasteiger partial charge in [-0.15, -0.1) is 0 Å². The van der Waals surface area contributed by atoms with E-state index < -0.39 is 10.0 Å². The third-order valence-corrected chi connectivity index (χ3v) is 6.53. The zero-order chi connectivity index (χ0) is 19.6. The summed E-state index contributed by atoms with van der Waals surface area (Å²) in [6.45, 7) is 3.38. The summed E-state index contributed by atoms with van der Waals surface area (Å²) in [4.78, 5) is 24.8. The molecule has 4 heterocycles. The van der Waals surface area contributed by atoms with E-state index in [4.69, 9.17) is 9.15 Å². The van der Waals surface area contributed by atoms with Gasteiger partial charge in [0.1, 0.15) is 0 Å². The average Bonchev–Trinajstić information content (AvgIpc) is 3.26. The molecule has 0 atom stereocenters. The van der Waals surface area contributed by atoms with Gasteiger partial charge in [-0.25, -0.2) is 18.4 Å². The number of carbonyl (C=O) groups is 1. The van der Waals surface area contributed by atoms with Gasteiger partial charge in [-0.3, -0.25) is 4.79 Å². The van der Waals surface area contributed by atoms with E-state index in [1.54, 1.807) is 23.4 Å². The van der Waals surface area contributed by atoms with Gasteiger partial charge in [0, 0.05) is 51.7 Å². The van der Waals surface area contributed by atoms with Crippen LogP contribution in [0, 0.1) is 0 Å². The largest absolute Gasteiger partial charge is 0.438 e. The minimum absolute atomic E-state index is 0.0243. The van der Waals surface area contributed by atoms with Gasteiger partial charge >= 0.3 is 0 Å². The molecule has 2 aromatic heterocycles. The van der Waals surface area contributed by atoms with Gasteiger partial charge in [0.05, 0.1) is 13.2 Å².